The van der Waals surface area contributed by atoms with Gasteiger partial charge < -0.3 is 26.0 Å². The summed E-state index contributed by atoms with van der Waals surface area (Å²) < 4.78 is 5.28. The van der Waals surface area contributed by atoms with Crippen molar-refractivity contribution in [2.45, 2.75) is 110 Å². The Morgan fingerprint density at radius 1 is 0.727 bits per heavy atom. The number of anilines is 1. The summed E-state index contributed by atoms with van der Waals surface area (Å²) in [4.78, 5) is 48.5. The Hall–Kier alpha value is -2.94. The number of hydrogen-bond acceptors (Lipinski definition) is 5. The minimum Gasteiger partial charge on any atom is -0.362 e. The third-order valence-electron chi connectivity index (χ3n) is 9.00. The second-order valence-electron chi connectivity index (χ2n) is 13.6. The highest BCUT2D eigenvalue weighted by Crippen LogP contribution is 2.40. The molecule has 1 aromatic carbocycles. The lowest BCUT2D eigenvalue weighted by atomic mass is 9.71. The van der Waals surface area contributed by atoms with Gasteiger partial charge in [0.1, 0.15) is 13.2 Å². The molecule has 1 atom stereocenters. The van der Waals surface area contributed by atoms with Crippen LogP contribution in [0.5, 0.6) is 0 Å². The lowest BCUT2D eigenvalue weighted by Gasteiger charge is -2.35. The molecule has 0 radical (unpaired) electrons. The van der Waals surface area contributed by atoms with E-state index in [2.05, 4.69) is 35.1 Å². The number of benzene rings is 1. The van der Waals surface area contributed by atoms with Gasteiger partial charge in [0.25, 0.3) is 0 Å². The highest BCUT2D eigenvalue weighted by Gasteiger charge is 2.27. The van der Waals surface area contributed by atoms with Crippen LogP contribution in [-0.4, -0.2) is 56.5 Å². The minimum atomic E-state index is -0.352. The summed E-state index contributed by atoms with van der Waals surface area (Å²) in [7, 11) is 0. The molecule has 1 aromatic rings. The lowest BCUT2D eigenvalue weighted by Crippen LogP contribution is -2.31. The van der Waals surface area contributed by atoms with E-state index in [1.165, 1.54) is 57.8 Å². The molecule has 0 aromatic heterocycles. The van der Waals surface area contributed by atoms with Crippen molar-refractivity contribution < 1.29 is 23.9 Å². The Bertz CT molecular complexity index is 1040. The van der Waals surface area contributed by atoms with Crippen LogP contribution in [0.2, 0.25) is 0 Å². The van der Waals surface area contributed by atoms with Crippen molar-refractivity contribution in [1.29, 1.82) is 0 Å². The van der Waals surface area contributed by atoms with Crippen molar-refractivity contribution in [3.05, 3.63) is 29.8 Å². The fraction of sp³-hybridized carbons (Fsp3) is 0.714. The smallest absolute Gasteiger partial charge is 0.250 e. The van der Waals surface area contributed by atoms with Crippen LogP contribution in [-0.2, 0) is 30.3 Å². The molecule has 44 heavy (non-hydrogen) atoms. The van der Waals surface area contributed by atoms with Gasteiger partial charge >= 0.3 is 0 Å². The molecule has 2 aliphatic rings. The Morgan fingerprint density at radius 2 is 1.36 bits per heavy atom. The van der Waals surface area contributed by atoms with Crippen LogP contribution in [0.4, 0.5) is 5.69 Å². The van der Waals surface area contributed by atoms with Gasteiger partial charge in [-0.15, -0.1) is 0 Å². The van der Waals surface area contributed by atoms with Crippen LogP contribution in [0.3, 0.4) is 0 Å². The first kappa shape index (κ1) is 35.5. The van der Waals surface area contributed by atoms with Crippen molar-refractivity contribution in [2.24, 2.45) is 17.3 Å². The Morgan fingerprint density at radius 3 is 2.11 bits per heavy atom. The van der Waals surface area contributed by atoms with Crippen LogP contribution in [0.15, 0.2) is 24.3 Å². The van der Waals surface area contributed by atoms with Crippen molar-refractivity contribution in [3.63, 3.8) is 0 Å². The molecular formula is C35H56N4O5. The van der Waals surface area contributed by atoms with E-state index >= 15 is 0 Å². The predicted molar refractivity (Wildman–Crippen MR) is 174 cm³/mol. The monoisotopic (exact) mass is 612 g/mol. The van der Waals surface area contributed by atoms with Gasteiger partial charge in [-0.1, -0.05) is 77.3 Å². The van der Waals surface area contributed by atoms with E-state index in [-0.39, 0.29) is 49.7 Å². The highest BCUT2D eigenvalue weighted by atomic mass is 16.5. The van der Waals surface area contributed by atoms with Gasteiger partial charge in [0, 0.05) is 31.7 Å². The molecule has 1 unspecified atom stereocenters. The van der Waals surface area contributed by atoms with Crippen LogP contribution >= 0.6 is 0 Å². The SMILES string of the molecule is CC1(C)CCCC(CCCNC(=O)COCC(=O)Nc2ccc(CC(=O)NCCC(=O)NCCCCC3CCCC3)cc2)C1. The van der Waals surface area contributed by atoms with Crippen molar-refractivity contribution in [1.82, 2.24) is 16.0 Å². The largest absolute Gasteiger partial charge is 0.362 e. The number of nitrogens with one attached hydrogen (secondary N) is 4. The number of unbranched alkanes of at least 4 members (excludes halogenated alkanes) is 1. The van der Waals surface area contributed by atoms with Crippen LogP contribution in [0, 0.1) is 17.3 Å². The number of carbonyl (C=O) groups excluding carboxylic acids is 4. The molecule has 0 aliphatic heterocycles. The molecule has 9 nitrogen and oxygen atoms in total. The van der Waals surface area contributed by atoms with Crippen molar-refractivity contribution in [2.75, 3.05) is 38.2 Å². The molecule has 246 valence electrons. The average molecular weight is 613 g/mol. The maximum absolute atomic E-state index is 12.3. The standard InChI is InChI=1S/C35H56N4O5/c1-35(2)19-7-12-29(24-35)13-8-21-37-33(42)25-44-26-34(43)39-30-16-14-28(15-17-30)23-32(41)38-22-18-31(40)36-20-6-5-11-27-9-3-4-10-27/h14-17,27,29H,3-13,18-26H2,1-2H3,(H,36,40)(H,37,42)(H,38,41)(H,39,43). The van der Waals surface area contributed by atoms with E-state index in [1.807, 2.05) is 0 Å². The molecule has 0 saturated heterocycles. The van der Waals surface area contributed by atoms with Crippen molar-refractivity contribution in [3.8, 4) is 0 Å². The molecule has 2 aliphatic carbocycles. The Labute approximate surface area is 264 Å². The number of hydrogen-bond donors (Lipinski definition) is 4. The fourth-order valence-corrected chi connectivity index (χ4v) is 6.65. The van der Waals surface area contributed by atoms with Gasteiger partial charge in [-0.05, 0) is 67.1 Å². The minimum absolute atomic E-state index is 0.0370. The van der Waals surface area contributed by atoms with E-state index in [4.69, 9.17) is 4.74 Å². The summed E-state index contributed by atoms with van der Waals surface area (Å²) >= 11 is 0. The third-order valence-corrected chi connectivity index (χ3v) is 9.00. The van der Waals surface area contributed by atoms with Gasteiger partial charge in [0.2, 0.25) is 23.6 Å². The van der Waals surface area contributed by atoms with E-state index in [0.29, 0.717) is 30.7 Å². The molecular weight excluding hydrogens is 556 g/mol. The zero-order valence-electron chi connectivity index (χ0n) is 27.1. The summed E-state index contributed by atoms with van der Waals surface area (Å²) in [5, 5.41) is 11.3. The summed E-state index contributed by atoms with van der Waals surface area (Å²) in [5.74, 6) is 0.877. The fourth-order valence-electron chi connectivity index (χ4n) is 6.65. The van der Waals surface area contributed by atoms with E-state index in [9.17, 15) is 19.2 Å². The van der Waals surface area contributed by atoms with Gasteiger partial charge in [0.05, 0.1) is 6.42 Å². The molecule has 2 fully saturated rings. The molecule has 3 rings (SSSR count). The Kier molecular flexibility index (Phi) is 15.7. The number of amides is 4. The second kappa shape index (κ2) is 19.4. The highest BCUT2D eigenvalue weighted by molar-refractivity contribution is 5.92. The normalized spacial score (nSPS) is 18.0. The summed E-state index contributed by atoms with van der Waals surface area (Å²) in [6.07, 6.45) is 16.6. The van der Waals surface area contributed by atoms with Gasteiger partial charge in [-0.2, -0.15) is 0 Å². The molecule has 4 N–H and O–H groups in total. The maximum atomic E-state index is 12.3. The number of rotatable bonds is 19. The van der Waals surface area contributed by atoms with E-state index < -0.39 is 0 Å². The summed E-state index contributed by atoms with van der Waals surface area (Å²) in [5.41, 5.74) is 1.82. The van der Waals surface area contributed by atoms with Crippen molar-refractivity contribution >= 4 is 29.3 Å². The number of ether oxygens (including phenoxy) is 1. The van der Waals surface area contributed by atoms with Gasteiger partial charge in [-0.25, -0.2) is 0 Å². The molecule has 4 amide bonds. The topological polar surface area (TPSA) is 126 Å². The van der Waals surface area contributed by atoms with E-state index in [0.717, 1.165) is 43.1 Å². The van der Waals surface area contributed by atoms with Gasteiger partial charge in [-0.3, -0.25) is 19.2 Å². The molecule has 9 heteroatoms. The van der Waals surface area contributed by atoms with E-state index in [1.54, 1.807) is 24.3 Å². The van der Waals surface area contributed by atoms with Crippen LogP contribution in [0.25, 0.3) is 0 Å². The quantitative estimate of drug-likeness (QED) is 0.158. The first-order chi connectivity index (χ1) is 21.2. The maximum Gasteiger partial charge on any atom is 0.250 e. The number of carbonyl (C=O) groups is 4. The predicted octanol–water partition coefficient (Wildman–Crippen LogP) is 5.28. The summed E-state index contributed by atoms with van der Waals surface area (Å²) in [6.45, 7) is 5.95. The Balaban J connectivity index is 1.17. The van der Waals surface area contributed by atoms with Crippen LogP contribution in [0.1, 0.15) is 109 Å². The zero-order chi connectivity index (χ0) is 31.6. The molecule has 0 spiro atoms. The summed E-state index contributed by atoms with van der Waals surface area (Å²) in [6, 6.07) is 6.99. The first-order valence-corrected chi connectivity index (χ1v) is 17.0. The third kappa shape index (κ3) is 15.2. The van der Waals surface area contributed by atoms with Gasteiger partial charge in [0.15, 0.2) is 0 Å². The lowest BCUT2D eigenvalue weighted by molar-refractivity contribution is -0.129. The average Bonchev–Trinajstić information content (AvgIpc) is 3.49. The zero-order valence-corrected chi connectivity index (χ0v) is 27.1. The van der Waals surface area contributed by atoms with Crippen LogP contribution < -0.4 is 21.3 Å². The second-order valence-corrected chi connectivity index (χ2v) is 13.6. The molecule has 0 heterocycles. The first-order valence-electron chi connectivity index (χ1n) is 17.0. The molecule has 2 saturated carbocycles. The molecule has 0 bridgehead atoms.